The maximum Gasteiger partial charge on any atom is 0.0469 e. The fourth-order valence-corrected chi connectivity index (χ4v) is 8.88. The summed E-state index contributed by atoms with van der Waals surface area (Å²) in [5, 5.41) is 0. The van der Waals surface area contributed by atoms with Crippen LogP contribution in [0.25, 0.3) is 22.3 Å². The molecule has 2 aliphatic rings. The molecule has 0 aromatic heterocycles. The summed E-state index contributed by atoms with van der Waals surface area (Å²) in [6, 6.07) is 37.4. The predicted molar refractivity (Wildman–Crippen MR) is 238 cm³/mol. The summed E-state index contributed by atoms with van der Waals surface area (Å²) in [5.74, 6) is 1.31. The predicted octanol–water partition coefficient (Wildman–Crippen LogP) is 15.9. The Bertz CT molecular complexity index is 1590. The highest BCUT2D eigenvalue weighted by Gasteiger charge is 2.18. The minimum atomic E-state index is 0.655. The van der Waals surface area contributed by atoms with E-state index >= 15 is 0 Å². The van der Waals surface area contributed by atoms with Gasteiger partial charge in [0.25, 0.3) is 0 Å². The topological polar surface area (TPSA) is 9.23 Å². The fourth-order valence-electron chi connectivity index (χ4n) is 8.88. The Morgan fingerprint density at radius 1 is 0.418 bits per heavy atom. The highest BCUT2D eigenvalue weighted by Crippen LogP contribution is 2.36. The fraction of sp³-hybridized carbons (Fsp3) is 0.481. The van der Waals surface area contributed by atoms with Gasteiger partial charge in [-0.15, -0.1) is 0 Å². The van der Waals surface area contributed by atoms with E-state index in [0.29, 0.717) is 11.8 Å². The van der Waals surface area contributed by atoms with Gasteiger partial charge in [-0.25, -0.2) is 0 Å². The van der Waals surface area contributed by atoms with E-state index < -0.39 is 0 Å². The molecule has 0 spiro atoms. The van der Waals surface area contributed by atoms with E-state index in [0.717, 1.165) is 26.1 Å². The first kappa shape index (κ1) is 41.0. The molecule has 1 nitrogen and oxygen atoms in total. The lowest BCUT2D eigenvalue weighted by Crippen LogP contribution is -2.06. The first-order valence-electron chi connectivity index (χ1n) is 22.5. The third kappa shape index (κ3) is 13.2. The summed E-state index contributed by atoms with van der Waals surface area (Å²) in [5.41, 5.74) is 14.6. The number of hydrogen-bond acceptors (Lipinski definition) is 1. The first-order chi connectivity index (χ1) is 27.2. The lowest BCUT2D eigenvalue weighted by atomic mass is 9.83. The molecule has 0 bridgehead atoms. The van der Waals surface area contributed by atoms with Crippen LogP contribution in [0.1, 0.15) is 164 Å². The Hall–Kier alpha value is -3.68. The lowest BCUT2D eigenvalue weighted by Gasteiger charge is -2.23. The van der Waals surface area contributed by atoms with Crippen molar-refractivity contribution in [2.45, 2.75) is 154 Å². The van der Waals surface area contributed by atoms with Gasteiger partial charge in [-0.1, -0.05) is 173 Å². The summed E-state index contributed by atoms with van der Waals surface area (Å²) in [4.78, 5) is 0. The molecule has 6 rings (SSSR count). The highest BCUT2D eigenvalue weighted by molar-refractivity contribution is 5.65. The molecule has 0 saturated carbocycles. The largest absolute Gasteiger partial charge is 0.381 e. The Morgan fingerprint density at radius 3 is 1.15 bits per heavy atom. The smallest absolute Gasteiger partial charge is 0.0469 e. The molecule has 0 radical (unpaired) electrons. The third-order valence-electron chi connectivity index (χ3n) is 12.6. The van der Waals surface area contributed by atoms with Crippen molar-refractivity contribution < 1.29 is 4.74 Å². The molecule has 0 heterocycles. The zero-order chi connectivity index (χ0) is 37.9. The molecule has 0 fully saturated rings. The minimum absolute atomic E-state index is 0.655. The molecule has 292 valence electrons. The van der Waals surface area contributed by atoms with Crippen molar-refractivity contribution >= 4 is 0 Å². The summed E-state index contributed by atoms with van der Waals surface area (Å²) >= 11 is 0. The van der Waals surface area contributed by atoms with Gasteiger partial charge >= 0.3 is 0 Å². The van der Waals surface area contributed by atoms with Crippen LogP contribution in [0.4, 0.5) is 0 Å². The molecule has 55 heavy (non-hydrogen) atoms. The van der Waals surface area contributed by atoms with Gasteiger partial charge in [-0.3, -0.25) is 0 Å². The highest BCUT2D eigenvalue weighted by atomic mass is 16.5. The van der Waals surface area contributed by atoms with Gasteiger partial charge in [0, 0.05) is 13.2 Å². The Kier molecular flexibility index (Phi) is 17.0. The molecule has 0 saturated heterocycles. The number of allylic oxidation sites excluding steroid dienone is 4. The monoisotopic (exact) mass is 735 g/mol. The third-order valence-corrected chi connectivity index (χ3v) is 12.6. The second-order valence-corrected chi connectivity index (χ2v) is 16.7. The number of aryl methyl sites for hydroxylation is 2. The van der Waals surface area contributed by atoms with Crippen LogP contribution in [0.15, 0.2) is 120 Å². The average Bonchev–Trinajstić information content (AvgIpc) is 3.25. The number of rotatable bonds is 22. The van der Waals surface area contributed by atoms with Gasteiger partial charge in [-0.2, -0.15) is 0 Å². The van der Waals surface area contributed by atoms with E-state index in [2.05, 4.69) is 123 Å². The van der Waals surface area contributed by atoms with Crippen LogP contribution in [0.3, 0.4) is 0 Å². The van der Waals surface area contributed by atoms with E-state index in [1.54, 1.807) is 11.1 Å². The first-order valence-corrected chi connectivity index (χ1v) is 22.5. The summed E-state index contributed by atoms with van der Waals surface area (Å²) < 4.78 is 6.10. The minimum Gasteiger partial charge on any atom is -0.381 e. The second kappa shape index (κ2) is 22.8. The zero-order valence-electron chi connectivity index (χ0n) is 34.5. The molecule has 4 aromatic carbocycles. The molecule has 2 atom stereocenters. The summed E-state index contributed by atoms with van der Waals surface area (Å²) in [6.45, 7) is 6.34. The van der Waals surface area contributed by atoms with Crippen LogP contribution < -0.4 is 0 Å². The molecule has 2 unspecified atom stereocenters. The van der Waals surface area contributed by atoms with Crippen molar-refractivity contribution in [2.24, 2.45) is 0 Å². The maximum atomic E-state index is 6.10. The molecule has 0 N–H and O–H groups in total. The van der Waals surface area contributed by atoms with E-state index in [1.165, 1.54) is 160 Å². The van der Waals surface area contributed by atoms with Crippen LogP contribution in [0, 0.1) is 0 Å². The Balaban J connectivity index is 0.820. The molecule has 1 heteroatoms. The normalized spacial score (nSPS) is 17.2. The Morgan fingerprint density at radius 2 is 0.800 bits per heavy atom. The van der Waals surface area contributed by atoms with E-state index in [9.17, 15) is 0 Å². The van der Waals surface area contributed by atoms with E-state index in [-0.39, 0.29) is 0 Å². The van der Waals surface area contributed by atoms with E-state index in [4.69, 9.17) is 4.74 Å². The van der Waals surface area contributed by atoms with E-state index in [1.807, 2.05) is 0 Å². The molecular formula is C54H70O. The van der Waals surface area contributed by atoms with Crippen molar-refractivity contribution in [3.8, 4) is 22.3 Å². The zero-order valence-corrected chi connectivity index (χ0v) is 34.5. The lowest BCUT2D eigenvalue weighted by molar-refractivity contribution is 0.129. The molecule has 4 aromatic rings. The number of hydrogen-bond donors (Lipinski definition) is 0. The van der Waals surface area contributed by atoms with Crippen molar-refractivity contribution in [1.29, 1.82) is 0 Å². The molecule has 2 aliphatic carbocycles. The van der Waals surface area contributed by atoms with Gasteiger partial charge in [0.1, 0.15) is 0 Å². The van der Waals surface area contributed by atoms with Gasteiger partial charge < -0.3 is 4.74 Å². The van der Waals surface area contributed by atoms with Gasteiger partial charge in [0.15, 0.2) is 0 Å². The van der Waals surface area contributed by atoms with Gasteiger partial charge in [0.2, 0.25) is 0 Å². The van der Waals surface area contributed by atoms with Crippen molar-refractivity contribution in [3.63, 3.8) is 0 Å². The number of benzene rings is 4. The standard InChI is InChI=1S/C54H70O/c1-3-5-7-9-13-43-17-25-47(26-18-43)51-33-37-53(38-34-51)49-29-21-45(22-30-49)15-11-41-55-42-12-16-46-23-31-50(32-24-46)54-39-35-52(36-40-54)48-27-19-44(20-28-48)14-10-8-6-4-2/h17-21,23,25-28,33-40,49-50H,3-16,22,24,29-32,41-42H2,1-2H3. The van der Waals surface area contributed by atoms with Gasteiger partial charge in [-0.05, 0) is 146 Å². The SMILES string of the molecule is CCCCCCc1ccc(-c2ccc(C3CC=C(CCCOCCCC4=CCC(c5ccc(-c6ccc(CCCCCC)cc6)cc5)CC4)CC3)cc2)cc1. The number of ether oxygens (including phenoxy) is 1. The van der Waals surface area contributed by atoms with Crippen LogP contribution in [0.5, 0.6) is 0 Å². The molecule has 0 aliphatic heterocycles. The van der Waals surface area contributed by atoms with Crippen molar-refractivity contribution in [3.05, 3.63) is 143 Å². The van der Waals surface area contributed by atoms with Crippen LogP contribution in [0.2, 0.25) is 0 Å². The Labute approximate surface area is 335 Å². The summed E-state index contributed by atoms with van der Waals surface area (Å²) in [7, 11) is 0. The second-order valence-electron chi connectivity index (χ2n) is 16.7. The molecule has 0 amide bonds. The quantitative estimate of drug-likeness (QED) is 0.0577. The van der Waals surface area contributed by atoms with Crippen LogP contribution in [-0.2, 0) is 17.6 Å². The average molecular weight is 735 g/mol. The van der Waals surface area contributed by atoms with Crippen LogP contribution >= 0.6 is 0 Å². The maximum absolute atomic E-state index is 6.10. The molecular weight excluding hydrogens is 665 g/mol. The summed E-state index contributed by atoms with van der Waals surface area (Å²) in [6.07, 6.45) is 30.1. The van der Waals surface area contributed by atoms with Crippen LogP contribution in [-0.4, -0.2) is 13.2 Å². The van der Waals surface area contributed by atoms with Crippen molar-refractivity contribution in [1.82, 2.24) is 0 Å². The van der Waals surface area contributed by atoms with Crippen molar-refractivity contribution in [2.75, 3.05) is 13.2 Å². The number of unbranched alkanes of at least 4 members (excludes halogenated alkanes) is 6. The van der Waals surface area contributed by atoms with Gasteiger partial charge in [0.05, 0.1) is 0 Å².